The van der Waals surface area contributed by atoms with Crippen molar-refractivity contribution in [2.24, 2.45) is 0 Å². The van der Waals surface area contributed by atoms with Crippen molar-refractivity contribution in [3.63, 3.8) is 0 Å². The van der Waals surface area contributed by atoms with Gasteiger partial charge in [0.25, 0.3) is 0 Å². The first kappa shape index (κ1) is 29.1. The van der Waals surface area contributed by atoms with Crippen LogP contribution in [0.15, 0.2) is 187 Å². The van der Waals surface area contributed by atoms with Gasteiger partial charge in [-0.05, 0) is 130 Å². The Morgan fingerprint density at radius 3 is 1.62 bits per heavy atom. The van der Waals surface area contributed by atoms with Crippen LogP contribution in [0.3, 0.4) is 0 Å². The Kier molecular flexibility index (Phi) is 6.92. The van der Waals surface area contributed by atoms with Crippen LogP contribution in [0.2, 0.25) is 0 Å². The Labute approximate surface area is 296 Å². The smallest absolute Gasteiger partial charge is 0.0238 e. The quantitative estimate of drug-likeness (QED) is 0.171. The molecule has 9 aromatic rings. The maximum atomic E-state index is 2.44. The molecule has 0 aliphatic carbocycles. The molecule has 0 amide bonds. The molecule has 0 unspecified atom stereocenters. The first-order valence-corrected chi connectivity index (χ1v) is 18.3. The van der Waals surface area contributed by atoms with Crippen LogP contribution in [-0.4, -0.2) is 0 Å². The second kappa shape index (κ2) is 11.9. The predicted molar refractivity (Wildman–Crippen MR) is 216 cm³/mol. The van der Waals surface area contributed by atoms with Crippen LogP contribution >= 0.6 is 11.8 Å². The zero-order valence-corrected chi connectivity index (χ0v) is 28.3. The molecule has 0 radical (unpaired) electrons. The normalized spacial score (nSPS) is 12.2. The number of fused-ring (bicyclic) bond motifs is 9. The lowest BCUT2D eigenvalue weighted by Crippen LogP contribution is -1.96. The van der Waals surface area contributed by atoms with E-state index in [4.69, 9.17) is 0 Å². The minimum atomic E-state index is 1.03. The summed E-state index contributed by atoms with van der Waals surface area (Å²) in [6.07, 6.45) is 0. The van der Waals surface area contributed by atoms with Crippen molar-refractivity contribution in [2.75, 3.05) is 0 Å². The highest BCUT2D eigenvalue weighted by molar-refractivity contribution is 7.98. The van der Waals surface area contributed by atoms with E-state index in [9.17, 15) is 0 Å². The molecule has 10 rings (SSSR count). The van der Waals surface area contributed by atoms with Crippen molar-refractivity contribution < 1.29 is 0 Å². The fraction of sp³-hybridized carbons (Fsp3) is 0.0204. The summed E-state index contributed by atoms with van der Waals surface area (Å²) in [5.74, 6) is 1.03. The average Bonchev–Trinajstić information content (AvgIpc) is 3.20. The fourth-order valence-corrected chi connectivity index (χ4v) is 8.97. The van der Waals surface area contributed by atoms with Gasteiger partial charge in [-0.25, -0.2) is 0 Å². The first-order valence-electron chi connectivity index (χ1n) is 17.3. The van der Waals surface area contributed by atoms with E-state index in [1.165, 1.54) is 98.4 Å². The third-order valence-corrected chi connectivity index (χ3v) is 11.4. The summed E-state index contributed by atoms with van der Waals surface area (Å²) in [5.41, 5.74) is 13.9. The zero-order valence-electron chi connectivity index (χ0n) is 27.4. The van der Waals surface area contributed by atoms with E-state index < -0.39 is 0 Å². The van der Waals surface area contributed by atoms with Crippen LogP contribution in [0.4, 0.5) is 0 Å². The minimum Gasteiger partial charge on any atom is -0.121 e. The molecule has 0 spiro atoms. The highest BCUT2D eigenvalue weighted by atomic mass is 32.2. The van der Waals surface area contributed by atoms with E-state index in [1.807, 2.05) is 11.8 Å². The van der Waals surface area contributed by atoms with E-state index in [0.29, 0.717) is 0 Å². The third-order valence-electron chi connectivity index (χ3n) is 10.3. The van der Waals surface area contributed by atoms with Gasteiger partial charge in [0.1, 0.15) is 0 Å². The average molecular weight is 653 g/mol. The molecule has 50 heavy (non-hydrogen) atoms. The zero-order chi connectivity index (χ0) is 33.0. The molecule has 9 aromatic carbocycles. The highest BCUT2D eigenvalue weighted by Gasteiger charge is 2.19. The SMILES string of the molecule is c1ccc(-c2cc(-c3ccccc3)cc(-c3cccc4c5ccccc5c5ccc(-c6ccc7c(c6)-c6ccccc6CS7)cc5c34)c2)cc1. The number of benzene rings is 9. The Morgan fingerprint density at radius 2 is 0.860 bits per heavy atom. The summed E-state index contributed by atoms with van der Waals surface area (Å²) in [5, 5.41) is 7.72. The largest absolute Gasteiger partial charge is 0.121 e. The van der Waals surface area contributed by atoms with Crippen LogP contribution < -0.4 is 0 Å². The fourth-order valence-electron chi connectivity index (χ4n) is 7.91. The maximum absolute atomic E-state index is 2.44. The van der Waals surface area contributed by atoms with E-state index in [0.717, 1.165) is 5.75 Å². The molecule has 0 aromatic heterocycles. The summed E-state index contributed by atoms with van der Waals surface area (Å²) in [6.45, 7) is 0. The summed E-state index contributed by atoms with van der Waals surface area (Å²) < 4.78 is 0. The van der Waals surface area contributed by atoms with Gasteiger partial charge in [-0.3, -0.25) is 0 Å². The lowest BCUT2D eigenvalue weighted by Gasteiger charge is -2.20. The Hall–Kier alpha value is -5.89. The number of hydrogen-bond acceptors (Lipinski definition) is 1. The van der Waals surface area contributed by atoms with Crippen LogP contribution in [0.25, 0.3) is 88.0 Å². The van der Waals surface area contributed by atoms with Gasteiger partial charge in [-0.15, -0.1) is 11.8 Å². The molecule has 0 saturated carbocycles. The lowest BCUT2D eigenvalue weighted by molar-refractivity contribution is 1.32. The maximum Gasteiger partial charge on any atom is 0.0238 e. The van der Waals surface area contributed by atoms with E-state index >= 15 is 0 Å². The first-order chi connectivity index (χ1) is 24.8. The molecule has 0 saturated heterocycles. The van der Waals surface area contributed by atoms with Crippen molar-refractivity contribution in [3.05, 3.63) is 188 Å². The van der Waals surface area contributed by atoms with Gasteiger partial charge in [0, 0.05) is 10.6 Å². The van der Waals surface area contributed by atoms with Crippen LogP contribution in [0.1, 0.15) is 5.56 Å². The molecule has 0 N–H and O–H groups in total. The minimum absolute atomic E-state index is 1.03. The Balaban J connectivity index is 1.25. The van der Waals surface area contributed by atoms with Crippen molar-refractivity contribution in [1.82, 2.24) is 0 Å². The number of rotatable bonds is 4. The molecule has 1 aliphatic heterocycles. The molecule has 0 bridgehead atoms. The van der Waals surface area contributed by atoms with Crippen molar-refractivity contribution >= 4 is 44.1 Å². The summed E-state index contributed by atoms with van der Waals surface area (Å²) >= 11 is 1.94. The van der Waals surface area contributed by atoms with Crippen LogP contribution in [0, 0.1) is 0 Å². The molecule has 1 heteroatoms. The van der Waals surface area contributed by atoms with Gasteiger partial charge >= 0.3 is 0 Å². The van der Waals surface area contributed by atoms with Gasteiger partial charge in [0.05, 0.1) is 0 Å². The standard InChI is InChI=1S/C49H32S/c1-3-12-32(13-4-1)37-26-38(33-14-5-2-6-15-33)28-39(27-37)41-20-11-21-45-43-19-10-9-18-42(43)44-24-22-34(30-47(44)49(41)45)35-23-25-48-46(29-35)40-17-8-7-16-36(40)31-50-48/h1-30H,31H2. The van der Waals surface area contributed by atoms with Crippen molar-refractivity contribution in [3.8, 4) is 55.6 Å². The van der Waals surface area contributed by atoms with E-state index in [2.05, 4.69) is 182 Å². The number of thioether (sulfide) groups is 1. The Morgan fingerprint density at radius 1 is 0.300 bits per heavy atom. The molecule has 234 valence electrons. The number of hydrogen-bond donors (Lipinski definition) is 0. The molecule has 0 nitrogen and oxygen atoms in total. The second-order valence-corrected chi connectivity index (χ2v) is 14.2. The van der Waals surface area contributed by atoms with Crippen LogP contribution in [-0.2, 0) is 5.75 Å². The topological polar surface area (TPSA) is 0 Å². The van der Waals surface area contributed by atoms with Crippen molar-refractivity contribution in [2.45, 2.75) is 10.6 Å². The van der Waals surface area contributed by atoms with Gasteiger partial charge in [-0.2, -0.15) is 0 Å². The monoisotopic (exact) mass is 652 g/mol. The predicted octanol–water partition coefficient (Wildman–Crippen LogP) is 14.1. The lowest BCUT2D eigenvalue weighted by atomic mass is 9.86. The molecular weight excluding hydrogens is 621 g/mol. The van der Waals surface area contributed by atoms with Gasteiger partial charge in [0.2, 0.25) is 0 Å². The Bertz CT molecular complexity index is 2680. The molecular formula is C49H32S. The van der Waals surface area contributed by atoms with E-state index in [-0.39, 0.29) is 0 Å². The highest BCUT2D eigenvalue weighted by Crippen LogP contribution is 2.46. The molecule has 1 aliphatic rings. The van der Waals surface area contributed by atoms with Crippen LogP contribution in [0.5, 0.6) is 0 Å². The molecule has 0 atom stereocenters. The second-order valence-electron chi connectivity index (χ2n) is 13.2. The summed E-state index contributed by atoms with van der Waals surface area (Å²) in [7, 11) is 0. The van der Waals surface area contributed by atoms with Gasteiger partial charge in [-0.1, -0.05) is 146 Å². The molecule has 0 fully saturated rings. The van der Waals surface area contributed by atoms with E-state index in [1.54, 1.807) is 0 Å². The molecule has 1 heterocycles. The summed E-state index contributed by atoms with van der Waals surface area (Å²) in [4.78, 5) is 1.36. The third kappa shape index (κ3) is 4.85. The van der Waals surface area contributed by atoms with Gasteiger partial charge < -0.3 is 0 Å². The van der Waals surface area contributed by atoms with Crippen molar-refractivity contribution in [1.29, 1.82) is 0 Å². The van der Waals surface area contributed by atoms with Gasteiger partial charge in [0.15, 0.2) is 0 Å². The summed E-state index contributed by atoms with van der Waals surface area (Å²) in [6, 6.07) is 67.3.